The molecule has 2 aliphatic rings. The summed E-state index contributed by atoms with van der Waals surface area (Å²) in [6.45, 7) is 4.36. The van der Waals surface area contributed by atoms with Crippen molar-refractivity contribution in [2.75, 3.05) is 26.2 Å². The van der Waals surface area contributed by atoms with Crippen LogP contribution in [0.4, 0.5) is 0 Å². The molecule has 1 heterocycles. The molecule has 4 nitrogen and oxygen atoms in total. The molecule has 108 valence electrons. The number of carboxylic acids is 1. The van der Waals surface area contributed by atoms with Gasteiger partial charge in [-0.1, -0.05) is 0 Å². The molecule has 1 aromatic carbocycles. The molecule has 1 aliphatic heterocycles. The first-order valence-electron chi connectivity index (χ1n) is 7.41. The average molecular weight is 275 g/mol. The van der Waals surface area contributed by atoms with Crippen molar-refractivity contribution in [3.05, 3.63) is 29.8 Å². The number of carboxylic acid groups (broad SMARTS) is 1. The average Bonchev–Trinajstić information content (AvgIpc) is 2.71. The number of aromatic carboxylic acids is 1. The normalized spacial score (nSPS) is 25.0. The number of carbonyl (C=O) groups is 1. The molecule has 20 heavy (non-hydrogen) atoms. The Bertz CT molecular complexity index is 459. The van der Waals surface area contributed by atoms with E-state index < -0.39 is 5.97 Å². The van der Waals surface area contributed by atoms with E-state index in [1.54, 1.807) is 24.3 Å². The Morgan fingerprint density at radius 3 is 2.40 bits per heavy atom. The molecule has 2 fully saturated rings. The van der Waals surface area contributed by atoms with Gasteiger partial charge in [0.25, 0.3) is 0 Å². The molecule has 0 radical (unpaired) electrons. The lowest BCUT2D eigenvalue weighted by Gasteiger charge is -2.28. The zero-order valence-corrected chi connectivity index (χ0v) is 11.6. The summed E-state index contributed by atoms with van der Waals surface area (Å²) in [5, 5.41) is 8.81. The van der Waals surface area contributed by atoms with Gasteiger partial charge in [0.15, 0.2) is 0 Å². The van der Waals surface area contributed by atoms with E-state index in [4.69, 9.17) is 9.84 Å². The van der Waals surface area contributed by atoms with Crippen LogP contribution in [0.1, 0.15) is 29.6 Å². The number of hydrogen-bond acceptors (Lipinski definition) is 3. The monoisotopic (exact) mass is 275 g/mol. The summed E-state index contributed by atoms with van der Waals surface area (Å²) in [6, 6.07) is 6.60. The van der Waals surface area contributed by atoms with Crippen molar-refractivity contribution in [1.82, 2.24) is 4.90 Å². The molecule has 3 rings (SSSR count). The Kier molecular flexibility index (Phi) is 3.92. The molecule has 1 saturated heterocycles. The van der Waals surface area contributed by atoms with Crippen molar-refractivity contribution in [2.24, 2.45) is 11.8 Å². The Hall–Kier alpha value is -1.55. The summed E-state index contributed by atoms with van der Waals surface area (Å²) in [5.74, 6) is 1.79. The van der Waals surface area contributed by atoms with Crippen LogP contribution >= 0.6 is 0 Å². The Labute approximate surface area is 119 Å². The van der Waals surface area contributed by atoms with E-state index in [2.05, 4.69) is 4.90 Å². The predicted octanol–water partition coefficient (Wildman–Crippen LogP) is 2.50. The van der Waals surface area contributed by atoms with Crippen molar-refractivity contribution in [3.8, 4) is 5.75 Å². The van der Waals surface area contributed by atoms with Gasteiger partial charge in [-0.15, -0.1) is 0 Å². The van der Waals surface area contributed by atoms with Gasteiger partial charge in [0, 0.05) is 19.6 Å². The van der Waals surface area contributed by atoms with Gasteiger partial charge in [-0.3, -0.25) is 0 Å². The van der Waals surface area contributed by atoms with Crippen LogP contribution in [0.5, 0.6) is 5.75 Å². The van der Waals surface area contributed by atoms with E-state index in [0.717, 1.165) is 30.6 Å². The van der Waals surface area contributed by atoms with Crippen LogP contribution in [-0.2, 0) is 0 Å². The Balaban J connectivity index is 1.36. The quantitative estimate of drug-likeness (QED) is 0.810. The van der Waals surface area contributed by atoms with E-state index >= 15 is 0 Å². The first-order valence-corrected chi connectivity index (χ1v) is 7.41. The Morgan fingerprint density at radius 1 is 1.20 bits per heavy atom. The molecule has 1 saturated carbocycles. The second-order valence-electron chi connectivity index (χ2n) is 5.89. The number of benzene rings is 1. The second kappa shape index (κ2) is 5.83. The van der Waals surface area contributed by atoms with Crippen LogP contribution in [0.25, 0.3) is 0 Å². The fraction of sp³-hybridized carbons (Fsp3) is 0.562. The zero-order valence-electron chi connectivity index (χ0n) is 11.6. The van der Waals surface area contributed by atoms with E-state index in [-0.39, 0.29) is 0 Å². The molecule has 1 aromatic rings. The maximum atomic E-state index is 10.7. The molecular formula is C16H21NO3. The highest BCUT2D eigenvalue weighted by atomic mass is 16.5. The van der Waals surface area contributed by atoms with Gasteiger partial charge in [0.05, 0.1) is 12.2 Å². The molecule has 4 heteroatoms. The van der Waals surface area contributed by atoms with Crippen LogP contribution in [0.15, 0.2) is 24.3 Å². The van der Waals surface area contributed by atoms with Gasteiger partial charge in [0.2, 0.25) is 0 Å². The molecule has 2 atom stereocenters. The van der Waals surface area contributed by atoms with Crippen molar-refractivity contribution >= 4 is 5.97 Å². The summed E-state index contributed by atoms with van der Waals surface area (Å²) in [5.41, 5.74) is 0.296. The minimum Gasteiger partial charge on any atom is -0.494 e. The third kappa shape index (κ3) is 2.96. The predicted molar refractivity (Wildman–Crippen MR) is 76.2 cm³/mol. The SMILES string of the molecule is O=C(O)c1ccc(OCCCN2C[C@H]3CC[C@H]3C2)cc1. The van der Waals surface area contributed by atoms with Crippen molar-refractivity contribution in [2.45, 2.75) is 19.3 Å². The third-order valence-corrected chi connectivity index (χ3v) is 4.55. The molecule has 1 N–H and O–H groups in total. The molecule has 0 spiro atoms. The van der Waals surface area contributed by atoms with Crippen LogP contribution in [0.3, 0.4) is 0 Å². The van der Waals surface area contributed by atoms with Gasteiger partial charge >= 0.3 is 5.97 Å². The first-order chi connectivity index (χ1) is 9.72. The zero-order chi connectivity index (χ0) is 13.9. The van der Waals surface area contributed by atoms with Gasteiger partial charge in [-0.05, 0) is 55.4 Å². The topological polar surface area (TPSA) is 49.8 Å². The largest absolute Gasteiger partial charge is 0.494 e. The molecule has 0 bridgehead atoms. The molecule has 1 aliphatic carbocycles. The summed E-state index contributed by atoms with van der Waals surface area (Å²) in [7, 11) is 0. The van der Waals surface area contributed by atoms with Crippen LogP contribution in [0.2, 0.25) is 0 Å². The van der Waals surface area contributed by atoms with Gasteiger partial charge in [0.1, 0.15) is 5.75 Å². The van der Waals surface area contributed by atoms with Crippen LogP contribution in [-0.4, -0.2) is 42.2 Å². The van der Waals surface area contributed by atoms with Gasteiger partial charge in [-0.2, -0.15) is 0 Å². The fourth-order valence-electron chi connectivity index (χ4n) is 3.21. The summed E-state index contributed by atoms with van der Waals surface area (Å²) < 4.78 is 5.65. The van der Waals surface area contributed by atoms with E-state index in [0.29, 0.717) is 12.2 Å². The van der Waals surface area contributed by atoms with Gasteiger partial charge in [-0.25, -0.2) is 4.79 Å². The molecule has 0 amide bonds. The summed E-state index contributed by atoms with van der Waals surface area (Å²) in [6.07, 6.45) is 3.88. The standard InChI is InChI=1S/C16H21NO3/c18-16(19)12-4-6-15(7-5-12)20-9-1-8-17-10-13-2-3-14(13)11-17/h4-7,13-14H,1-3,8-11H2,(H,18,19)/t13-,14+. The van der Waals surface area contributed by atoms with Crippen molar-refractivity contribution < 1.29 is 14.6 Å². The van der Waals surface area contributed by atoms with E-state index in [1.807, 2.05) is 0 Å². The second-order valence-corrected chi connectivity index (χ2v) is 5.89. The highest BCUT2D eigenvalue weighted by Crippen LogP contribution is 2.40. The highest BCUT2D eigenvalue weighted by molar-refractivity contribution is 5.87. The number of fused-ring (bicyclic) bond motifs is 1. The maximum absolute atomic E-state index is 10.7. The number of hydrogen-bond donors (Lipinski definition) is 1. The minimum absolute atomic E-state index is 0.296. The lowest BCUT2D eigenvalue weighted by molar-refractivity contribution is 0.0697. The lowest BCUT2D eigenvalue weighted by atomic mass is 9.77. The molecule has 0 unspecified atom stereocenters. The summed E-state index contributed by atoms with van der Waals surface area (Å²) in [4.78, 5) is 13.3. The fourth-order valence-corrected chi connectivity index (χ4v) is 3.21. The van der Waals surface area contributed by atoms with Crippen molar-refractivity contribution in [3.63, 3.8) is 0 Å². The van der Waals surface area contributed by atoms with Crippen molar-refractivity contribution in [1.29, 1.82) is 0 Å². The lowest BCUT2D eigenvalue weighted by Crippen LogP contribution is -2.23. The van der Waals surface area contributed by atoms with Crippen LogP contribution in [0, 0.1) is 11.8 Å². The minimum atomic E-state index is -0.903. The van der Waals surface area contributed by atoms with E-state index in [1.165, 1.54) is 25.9 Å². The van der Waals surface area contributed by atoms with Gasteiger partial charge < -0.3 is 14.7 Å². The summed E-state index contributed by atoms with van der Waals surface area (Å²) >= 11 is 0. The number of likely N-dealkylation sites (tertiary alicyclic amines) is 1. The smallest absolute Gasteiger partial charge is 0.335 e. The first kappa shape index (κ1) is 13.4. The molecule has 0 aromatic heterocycles. The van der Waals surface area contributed by atoms with E-state index in [9.17, 15) is 4.79 Å². The highest BCUT2D eigenvalue weighted by Gasteiger charge is 2.38. The number of nitrogens with zero attached hydrogens (tertiary/aromatic N) is 1. The van der Waals surface area contributed by atoms with Crippen LogP contribution < -0.4 is 4.74 Å². The molecular weight excluding hydrogens is 254 g/mol. The number of rotatable bonds is 6. The Morgan fingerprint density at radius 2 is 1.85 bits per heavy atom. The maximum Gasteiger partial charge on any atom is 0.335 e. The number of ether oxygens (including phenoxy) is 1. The third-order valence-electron chi connectivity index (χ3n) is 4.55.